The number of halogens is 1. The molecule has 1 N–H and O–H groups in total. The van der Waals surface area contributed by atoms with Gasteiger partial charge in [0.05, 0.1) is 12.7 Å². The van der Waals surface area contributed by atoms with Gasteiger partial charge in [0.15, 0.2) is 0 Å². The van der Waals surface area contributed by atoms with E-state index in [0.717, 1.165) is 26.0 Å². The third-order valence-electron chi connectivity index (χ3n) is 3.63. The van der Waals surface area contributed by atoms with E-state index >= 15 is 0 Å². The van der Waals surface area contributed by atoms with Crippen LogP contribution in [0, 0.1) is 11.7 Å². The second kappa shape index (κ2) is 6.30. The molecule has 1 saturated heterocycles. The summed E-state index contributed by atoms with van der Waals surface area (Å²) in [7, 11) is 0. The van der Waals surface area contributed by atoms with E-state index in [4.69, 9.17) is 4.74 Å². The first-order chi connectivity index (χ1) is 8.69. The molecule has 3 atom stereocenters. The predicted molar refractivity (Wildman–Crippen MR) is 71.1 cm³/mol. The molecule has 0 saturated carbocycles. The van der Waals surface area contributed by atoms with Crippen LogP contribution < -0.4 is 5.32 Å². The quantitative estimate of drug-likeness (QED) is 0.869. The fourth-order valence-corrected chi connectivity index (χ4v) is 2.67. The third kappa shape index (κ3) is 3.53. The largest absolute Gasteiger partial charge is 0.378 e. The maximum absolute atomic E-state index is 12.9. The van der Waals surface area contributed by atoms with Gasteiger partial charge < -0.3 is 10.1 Å². The Morgan fingerprint density at radius 1 is 1.39 bits per heavy atom. The van der Waals surface area contributed by atoms with Gasteiger partial charge >= 0.3 is 0 Å². The van der Waals surface area contributed by atoms with E-state index in [1.165, 1.54) is 17.7 Å². The molecule has 1 aromatic rings. The fourth-order valence-electron chi connectivity index (χ4n) is 2.67. The van der Waals surface area contributed by atoms with Gasteiger partial charge in [-0.3, -0.25) is 0 Å². The van der Waals surface area contributed by atoms with Crippen LogP contribution in [0.2, 0.25) is 0 Å². The SMILES string of the molecule is CCNC(Cc1ccc(F)cc1)C1COC(C)C1. The smallest absolute Gasteiger partial charge is 0.123 e. The van der Waals surface area contributed by atoms with Gasteiger partial charge in [-0.15, -0.1) is 0 Å². The summed E-state index contributed by atoms with van der Waals surface area (Å²) in [5.74, 6) is 0.390. The minimum atomic E-state index is -0.170. The molecule has 1 aliphatic heterocycles. The molecule has 0 spiro atoms. The van der Waals surface area contributed by atoms with Gasteiger partial charge in [0, 0.05) is 12.0 Å². The van der Waals surface area contributed by atoms with Crippen molar-refractivity contribution in [2.75, 3.05) is 13.2 Å². The molecule has 3 unspecified atom stereocenters. The second-order valence-electron chi connectivity index (χ2n) is 5.13. The summed E-state index contributed by atoms with van der Waals surface area (Å²) in [6, 6.07) is 7.24. The Bertz CT molecular complexity index is 365. The Balaban J connectivity index is 1.99. The normalized spacial score (nSPS) is 25.3. The van der Waals surface area contributed by atoms with Gasteiger partial charge in [-0.1, -0.05) is 19.1 Å². The summed E-state index contributed by atoms with van der Waals surface area (Å²) in [5, 5.41) is 3.53. The van der Waals surface area contributed by atoms with E-state index in [9.17, 15) is 4.39 Å². The van der Waals surface area contributed by atoms with Crippen LogP contribution in [0.4, 0.5) is 4.39 Å². The highest BCUT2D eigenvalue weighted by atomic mass is 19.1. The molecule has 2 nitrogen and oxygen atoms in total. The molecule has 1 aliphatic rings. The first-order valence-electron chi connectivity index (χ1n) is 6.78. The van der Waals surface area contributed by atoms with Gasteiger partial charge in [-0.2, -0.15) is 0 Å². The maximum atomic E-state index is 12.9. The van der Waals surface area contributed by atoms with Crippen molar-refractivity contribution in [1.29, 1.82) is 0 Å². The number of ether oxygens (including phenoxy) is 1. The lowest BCUT2D eigenvalue weighted by molar-refractivity contribution is 0.117. The Hall–Kier alpha value is -0.930. The first kappa shape index (κ1) is 13.5. The fraction of sp³-hybridized carbons (Fsp3) is 0.600. The van der Waals surface area contributed by atoms with Crippen molar-refractivity contribution in [2.45, 2.75) is 38.8 Å². The molecular formula is C15H22FNO. The molecule has 1 aromatic carbocycles. The molecule has 1 fully saturated rings. The van der Waals surface area contributed by atoms with Crippen LogP contribution in [-0.2, 0) is 11.2 Å². The lowest BCUT2D eigenvalue weighted by atomic mass is 9.91. The van der Waals surface area contributed by atoms with Gasteiger partial charge in [-0.25, -0.2) is 4.39 Å². The van der Waals surface area contributed by atoms with Crippen LogP contribution in [0.1, 0.15) is 25.8 Å². The zero-order valence-corrected chi connectivity index (χ0v) is 11.2. The molecular weight excluding hydrogens is 229 g/mol. The van der Waals surface area contributed by atoms with Crippen LogP contribution in [0.5, 0.6) is 0 Å². The monoisotopic (exact) mass is 251 g/mol. The van der Waals surface area contributed by atoms with Crippen molar-refractivity contribution in [3.8, 4) is 0 Å². The van der Waals surface area contributed by atoms with Crippen LogP contribution in [0.3, 0.4) is 0 Å². The third-order valence-corrected chi connectivity index (χ3v) is 3.63. The lowest BCUT2D eigenvalue weighted by Gasteiger charge is -2.23. The molecule has 0 bridgehead atoms. The summed E-state index contributed by atoms with van der Waals surface area (Å²) >= 11 is 0. The van der Waals surface area contributed by atoms with E-state index in [2.05, 4.69) is 19.2 Å². The van der Waals surface area contributed by atoms with Crippen LogP contribution in [-0.4, -0.2) is 25.3 Å². The van der Waals surface area contributed by atoms with Gasteiger partial charge in [-0.05, 0) is 44.0 Å². The Labute approximate surface area is 109 Å². The number of hydrogen-bond acceptors (Lipinski definition) is 2. The highest BCUT2D eigenvalue weighted by Gasteiger charge is 2.29. The van der Waals surface area contributed by atoms with Crippen LogP contribution in [0.15, 0.2) is 24.3 Å². The van der Waals surface area contributed by atoms with Gasteiger partial charge in [0.25, 0.3) is 0 Å². The minimum absolute atomic E-state index is 0.170. The van der Waals surface area contributed by atoms with Gasteiger partial charge in [0.2, 0.25) is 0 Å². The summed E-state index contributed by atoms with van der Waals surface area (Å²) in [6.07, 6.45) is 2.41. The first-order valence-corrected chi connectivity index (χ1v) is 6.78. The van der Waals surface area contributed by atoms with E-state index < -0.39 is 0 Å². The average molecular weight is 251 g/mol. The molecule has 0 amide bonds. The van der Waals surface area contributed by atoms with Gasteiger partial charge in [0.1, 0.15) is 5.82 Å². The average Bonchev–Trinajstić information content (AvgIpc) is 2.78. The van der Waals surface area contributed by atoms with Crippen molar-refractivity contribution in [1.82, 2.24) is 5.32 Å². The number of nitrogens with one attached hydrogen (secondary N) is 1. The summed E-state index contributed by atoms with van der Waals surface area (Å²) < 4.78 is 18.5. The summed E-state index contributed by atoms with van der Waals surface area (Å²) in [5.41, 5.74) is 1.18. The maximum Gasteiger partial charge on any atom is 0.123 e. The molecule has 18 heavy (non-hydrogen) atoms. The van der Waals surface area contributed by atoms with Crippen molar-refractivity contribution < 1.29 is 9.13 Å². The minimum Gasteiger partial charge on any atom is -0.378 e. The van der Waals surface area contributed by atoms with Crippen molar-refractivity contribution in [2.24, 2.45) is 5.92 Å². The lowest BCUT2D eigenvalue weighted by Crippen LogP contribution is -2.38. The molecule has 0 radical (unpaired) electrons. The van der Waals surface area contributed by atoms with E-state index in [0.29, 0.717) is 18.1 Å². The zero-order valence-electron chi connectivity index (χ0n) is 11.2. The molecule has 0 aliphatic carbocycles. The highest BCUT2D eigenvalue weighted by molar-refractivity contribution is 5.17. The Morgan fingerprint density at radius 3 is 2.67 bits per heavy atom. The second-order valence-corrected chi connectivity index (χ2v) is 5.13. The van der Waals surface area contributed by atoms with E-state index in [1.807, 2.05) is 12.1 Å². The Morgan fingerprint density at radius 2 is 2.11 bits per heavy atom. The summed E-state index contributed by atoms with van der Waals surface area (Å²) in [6.45, 7) is 6.04. The zero-order chi connectivity index (χ0) is 13.0. The molecule has 3 heteroatoms. The van der Waals surface area contributed by atoms with Crippen LogP contribution >= 0.6 is 0 Å². The topological polar surface area (TPSA) is 21.3 Å². The number of rotatable bonds is 5. The Kier molecular flexibility index (Phi) is 4.72. The van der Waals surface area contributed by atoms with E-state index in [-0.39, 0.29) is 5.82 Å². The number of benzene rings is 1. The number of hydrogen-bond donors (Lipinski definition) is 1. The molecule has 2 rings (SSSR count). The van der Waals surface area contributed by atoms with Crippen molar-refractivity contribution >= 4 is 0 Å². The highest BCUT2D eigenvalue weighted by Crippen LogP contribution is 2.24. The standard InChI is InChI=1S/C15H22FNO/c1-3-17-15(13-8-11(2)18-10-13)9-12-4-6-14(16)7-5-12/h4-7,11,13,15,17H,3,8-10H2,1-2H3. The molecule has 0 aromatic heterocycles. The number of likely N-dealkylation sites (N-methyl/N-ethyl adjacent to an activating group) is 1. The predicted octanol–water partition coefficient (Wildman–Crippen LogP) is 2.77. The van der Waals surface area contributed by atoms with Crippen LogP contribution in [0.25, 0.3) is 0 Å². The van der Waals surface area contributed by atoms with E-state index in [1.54, 1.807) is 0 Å². The van der Waals surface area contributed by atoms with Crippen molar-refractivity contribution in [3.63, 3.8) is 0 Å². The molecule has 100 valence electrons. The molecule has 1 heterocycles. The van der Waals surface area contributed by atoms with Crippen molar-refractivity contribution in [3.05, 3.63) is 35.6 Å². The summed E-state index contributed by atoms with van der Waals surface area (Å²) in [4.78, 5) is 0.